The van der Waals surface area contributed by atoms with Gasteiger partial charge in [-0.1, -0.05) is 5.16 Å². The number of hydrogen-bond donors (Lipinski definition) is 2. The molecular weight excluding hydrogens is 220 g/mol. The maximum atomic E-state index is 11.7. The smallest absolute Gasteiger partial charge is 0.224 e. The molecule has 0 saturated carbocycles. The third-order valence-electron chi connectivity index (χ3n) is 2.53. The third-order valence-corrected chi connectivity index (χ3v) is 2.53. The van der Waals surface area contributed by atoms with Crippen LogP contribution in [-0.2, 0) is 17.8 Å². The second kappa shape index (κ2) is 4.82. The van der Waals surface area contributed by atoms with E-state index in [1.807, 2.05) is 6.92 Å². The largest absolute Gasteiger partial charge is 0.361 e. The molecule has 0 atom stereocenters. The van der Waals surface area contributed by atoms with Crippen LogP contribution in [0.3, 0.4) is 0 Å². The fourth-order valence-electron chi connectivity index (χ4n) is 1.55. The fraction of sp³-hybridized carbons (Fsp3) is 0.364. The number of imidazole rings is 1. The molecule has 17 heavy (non-hydrogen) atoms. The molecule has 0 radical (unpaired) electrons. The van der Waals surface area contributed by atoms with E-state index < -0.39 is 0 Å². The first-order valence-electron chi connectivity index (χ1n) is 5.33. The molecule has 0 unspecified atom stereocenters. The highest BCUT2D eigenvalue weighted by Gasteiger charge is 2.13. The maximum Gasteiger partial charge on any atom is 0.224 e. The Balaban J connectivity index is 1.89. The lowest BCUT2D eigenvalue weighted by molar-refractivity contribution is -0.120. The molecule has 0 bridgehead atoms. The number of H-pyrrole nitrogens is 1. The van der Waals surface area contributed by atoms with Crippen molar-refractivity contribution in [3.05, 3.63) is 35.2 Å². The van der Waals surface area contributed by atoms with E-state index in [4.69, 9.17) is 4.52 Å². The molecule has 0 saturated heterocycles. The fourth-order valence-corrected chi connectivity index (χ4v) is 1.55. The maximum absolute atomic E-state index is 11.7. The molecule has 2 heterocycles. The van der Waals surface area contributed by atoms with Crippen molar-refractivity contribution in [3.8, 4) is 0 Å². The van der Waals surface area contributed by atoms with Gasteiger partial charge in [0.1, 0.15) is 11.6 Å². The zero-order valence-corrected chi connectivity index (χ0v) is 9.78. The predicted molar refractivity (Wildman–Crippen MR) is 60.1 cm³/mol. The summed E-state index contributed by atoms with van der Waals surface area (Å²) in [4.78, 5) is 18.6. The van der Waals surface area contributed by atoms with Crippen LogP contribution in [-0.4, -0.2) is 21.0 Å². The zero-order valence-electron chi connectivity index (χ0n) is 9.78. The van der Waals surface area contributed by atoms with Gasteiger partial charge in [-0.3, -0.25) is 4.79 Å². The van der Waals surface area contributed by atoms with Gasteiger partial charge in [0.05, 0.1) is 18.7 Å². The lowest BCUT2D eigenvalue weighted by Crippen LogP contribution is -2.25. The quantitative estimate of drug-likeness (QED) is 0.822. The molecule has 2 N–H and O–H groups in total. The van der Waals surface area contributed by atoms with E-state index in [2.05, 4.69) is 20.4 Å². The number of carbonyl (C=O) groups is 1. The predicted octanol–water partition coefficient (Wildman–Crippen LogP) is 0.873. The zero-order chi connectivity index (χ0) is 12.3. The second-order valence-corrected chi connectivity index (χ2v) is 3.79. The molecule has 1 amide bonds. The van der Waals surface area contributed by atoms with E-state index in [0.717, 1.165) is 17.1 Å². The van der Waals surface area contributed by atoms with Crippen LogP contribution in [0.25, 0.3) is 0 Å². The van der Waals surface area contributed by atoms with Crippen LogP contribution in [0.15, 0.2) is 16.9 Å². The Morgan fingerprint density at radius 1 is 1.53 bits per heavy atom. The van der Waals surface area contributed by atoms with Crippen LogP contribution in [0, 0.1) is 13.8 Å². The summed E-state index contributed by atoms with van der Waals surface area (Å²) in [5.74, 6) is 1.35. The SMILES string of the molecule is Cc1noc(C)c1CC(=O)NCc1ncc[nH]1. The monoisotopic (exact) mass is 234 g/mol. The number of hydrogen-bond acceptors (Lipinski definition) is 4. The number of aromatic nitrogens is 3. The molecule has 2 aromatic heterocycles. The van der Waals surface area contributed by atoms with E-state index >= 15 is 0 Å². The molecule has 90 valence electrons. The van der Waals surface area contributed by atoms with Crippen molar-refractivity contribution >= 4 is 5.91 Å². The topological polar surface area (TPSA) is 83.8 Å². The van der Waals surface area contributed by atoms with Gasteiger partial charge in [0, 0.05) is 18.0 Å². The van der Waals surface area contributed by atoms with Crippen molar-refractivity contribution in [1.29, 1.82) is 0 Å². The number of amides is 1. The summed E-state index contributed by atoms with van der Waals surface area (Å²) >= 11 is 0. The van der Waals surface area contributed by atoms with Crippen molar-refractivity contribution in [2.45, 2.75) is 26.8 Å². The Morgan fingerprint density at radius 3 is 2.94 bits per heavy atom. The summed E-state index contributed by atoms with van der Waals surface area (Å²) in [6.07, 6.45) is 3.65. The second-order valence-electron chi connectivity index (χ2n) is 3.79. The van der Waals surface area contributed by atoms with Crippen LogP contribution in [0.2, 0.25) is 0 Å². The Kier molecular flexibility index (Phi) is 3.22. The molecule has 0 aliphatic heterocycles. The Labute approximate surface area is 98.4 Å². The molecule has 6 heteroatoms. The lowest BCUT2D eigenvalue weighted by Gasteiger charge is -2.02. The van der Waals surface area contributed by atoms with Crippen LogP contribution in [0.5, 0.6) is 0 Å². The molecular formula is C11H14N4O2. The van der Waals surface area contributed by atoms with Crippen molar-refractivity contribution in [1.82, 2.24) is 20.4 Å². The number of aromatic amines is 1. The van der Waals surface area contributed by atoms with Crippen molar-refractivity contribution in [2.75, 3.05) is 0 Å². The number of rotatable bonds is 4. The standard InChI is InChI=1S/C11H14N4O2/c1-7-9(8(2)17-15-7)5-11(16)14-6-10-12-3-4-13-10/h3-4H,5-6H2,1-2H3,(H,12,13)(H,14,16). The van der Waals surface area contributed by atoms with Gasteiger partial charge in [-0.05, 0) is 13.8 Å². The Hall–Kier alpha value is -2.11. The minimum Gasteiger partial charge on any atom is -0.361 e. The number of carbonyl (C=O) groups excluding carboxylic acids is 1. The van der Waals surface area contributed by atoms with E-state index in [1.165, 1.54) is 0 Å². The average Bonchev–Trinajstić information content (AvgIpc) is 2.91. The molecule has 0 aliphatic rings. The molecule has 6 nitrogen and oxygen atoms in total. The minimum absolute atomic E-state index is 0.0733. The average molecular weight is 234 g/mol. The van der Waals surface area contributed by atoms with E-state index in [0.29, 0.717) is 12.3 Å². The first-order valence-corrected chi connectivity index (χ1v) is 5.33. The van der Waals surface area contributed by atoms with Crippen LogP contribution in [0.1, 0.15) is 22.8 Å². The molecule has 0 fully saturated rings. The van der Waals surface area contributed by atoms with Gasteiger partial charge in [0.15, 0.2) is 0 Å². The molecule has 0 aromatic carbocycles. The summed E-state index contributed by atoms with van der Waals surface area (Å²) in [5.41, 5.74) is 1.61. The van der Waals surface area contributed by atoms with Crippen molar-refractivity contribution in [2.24, 2.45) is 0 Å². The summed E-state index contributed by atoms with van der Waals surface area (Å²) in [5, 5.41) is 6.58. The highest BCUT2D eigenvalue weighted by atomic mass is 16.5. The Bertz CT molecular complexity index is 482. The first-order chi connectivity index (χ1) is 8.16. The van der Waals surface area contributed by atoms with Gasteiger partial charge >= 0.3 is 0 Å². The summed E-state index contributed by atoms with van der Waals surface area (Å²) < 4.78 is 5.00. The van der Waals surface area contributed by atoms with Gasteiger partial charge < -0.3 is 14.8 Å². The van der Waals surface area contributed by atoms with Crippen LogP contribution in [0.4, 0.5) is 0 Å². The highest BCUT2D eigenvalue weighted by molar-refractivity contribution is 5.78. The minimum atomic E-state index is -0.0733. The summed E-state index contributed by atoms with van der Waals surface area (Å²) in [6, 6.07) is 0. The summed E-state index contributed by atoms with van der Waals surface area (Å²) in [6.45, 7) is 4.02. The van der Waals surface area contributed by atoms with Gasteiger partial charge in [-0.2, -0.15) is 0 Å². The van der Waals surface area contributed by atoms with Crippen LogP contribution >= 0.6 is 0 Å². The number of nitrogens with one attached hydrogen (secondary N) is 2. The number of aryl methyl sites for hydroxylation is 2. The van der Waals surface area contributed by atoms with E-state index in [1.54, 1.807) is 19.3 Å². The lowest BCUT2D eigenvalue weighted by atomic mass is 10.1. The Morgan fingerprint density at radius 2 is 2.35 bits per heavy atom. The van der Waals surface area contributed by atoms with Crippen molar-refractivity contribution < 1.29 is 9.32 Å². The normalized spacial score (nSPS) is 10.5. The van der Waals surface area contributed by atoms with Gasteiger partial charge in [-0.15, -0.1) is 0 Å². The highest BCUT2D eigenvalue weighted by Crippen LogP contribution is 2.12. The van der Waals surface area contributed by atoms with Gasteiger partial charge in [0.25, 0.3) is 0 Å². The first kappa shape index (κ1) is 11.4. The van der Waals surface area contributed by atoms with Gasteiger partial charge in [0.2, 0.25) is 5.91 Å². The molecule has 2 aromatic rings. The van der Waals surface area contributed by atoms with Crippen LogP contribution < -0.4 is 5.32 Å². The summed E-state index contributed by atoms with van der Waals surface area (Å²) in [7, 11) is 0. The molecule has 0 aliphatic carbocycles. The van der Waals surface area contributed by atoms with Crippen molar-refractivity contribution in [3.63, 3.8) is 0 Å². The van der Waals surface area contributed by atoms with E-state index in [-0.39, 0.29) is 12.3 Å². The molecule has 0 spiro atoms. The van der Waals surface area contributed by atoms with Gasteiger partial charge in [-0.25, -0.2) is 4.98 Å². The third kappa shape index (κ3) is 2.72. The van der Waals surface area contributed by atoms with E-state index in [9.17, 15) is 4.79 Å². The number of nitrogens with zero attached hydrogens (tertiary/aromatic N) is 2. The molecule has 2 rings (SSSR count).